The maximum absolute atomic E-state index is 13.1. The fraction of sp³-hybridized carbons (Fsp3) is 0.0968. The molecule has 1 heterocycles. The number of carbonyl (C=O) groups excluding carboxylic acids is 2. The summed E-state index contributed by atoms with van der Waals surface area (Å²) in [6, 6.07) is 29.3. The minimum Gasteiger partial charge on any atom is -0.449 e. The molecule has 6 nitrogen and oxygen atoms in total. The zero-order valence-electron chi connectivity index (χ0n) is 20.9. The Kier molecular flexibility index (Phi) is 7.87. The minimum atomic E-state index is -1.01. The van der Waals surface area contributed by atoms with Crippen molar-refractivity contribution in [2.24, 2.45) is 0 Å². The summed E-state index contributed by atoms with van der Waals surface area (Å²) in [5.41, 5.74) is 5.18. The van der Waals surface area contributed by atoms with Crippen molar-refractivity contribution < 1.29 is 14.3 Å². The first-order valence-corrected chi connectivity index (χ1v) is 13.1. The fourth-order valence-electron chi connectivity index (χ4n) is 4.09. The number of rotatable bonds is 7. The van der Waals surface area contributed by atoms with E-state index < -0.39 is 18.0 Å². The second-order valence-electron chi connectivity index (χ2n) is 8.78. The normalized spacial score (nSPS) is 11.7. The number of ether oxygens (including phenoxy) is 1. The molecule has 8 heteroatoms. The number of carbonyl (C=O) groups is 2. The molecule has 0 aliphatic rings. The lowest BCUT2D eigenvalue weighted by Gasteiger charge is -2.17. The topological polar surface area (TPSA) is 81.2 Å². The van der Waals surface area contributed by atoms with Crippen LogP contribution in [0.1, 0.15) is 23.7 Å². The molecule has 0 radical (unpaired) electrons. The second kappa shape index (κ2) is 11.6. The van der Waals surface area contributed by atoms with Crippen molar-refractivity contribution in [3.8, 4) is 22.5 Å². The van der Waals surface area contributed by atoms with Crippen LogP contribution in [0, 0.1) is 0 Å². The number of hydrogen-bond acceptors (Lipinski definition) is 5. The van der Waals surface area contributed by atoms with Gasteiger partial charge in [0.2, 0.25) is 0 Å². The molecule has 1 aromatic heterocycles. The van der Waals surface area contributed by atoms with Crippen LogP contribution in [0.4, 0.5) is 5.69 Å². The zero-order valence-corrected chi connectivity index (χ0v) is 22.4. The summed E-state index contributed by atoms with van der Waals surface area (Å²) >= 11 is 12.0. The Hall–Kier alpha value is -4.26. The van der Waals surface area contributed by atoms with Gasteiger partial charge in [0.25, 0.3) is 5.91 Å². The maximum atomic E-state index is 13.1. The first-order chi connectivity index (χ1) is 18.9. The molecule has 5 rings (SSSR count). The minimum absolute atomic E-state index is 0.268. The van der Waals surface area contributed by atoms with Crippen molar-refractivity contribution in [3.05, 3.63) is 113 Å². The van der Waals surface area contributed by atoms with E-state index >= 15 is 0 Å². The van der Waals surface area contributed by atoms with Crippen LogP contribution in [0.15, 0.2) is 97.1 Å². The van der Waals surface area contributed by atoms with Gasteiger partial charge in [0.1, 0.15) is 0 Å². The molecule has 1 unspecified atom stereocenters. The van der Waals surface area contributed by atoms with Gasteiger partial charge in [0, 0.05) is 16.8 Å². The smallest absolute Gasteiger partial charge is 0.338 e. The number of aromatic nitrogens is 2. The highest BCUT2D eigenvalue weighted by molar-refractivity contribution is 6.42. The van der Waals surface area contributed by atoms with Gasteiger partial charge in [-0.2, -0.15) is 0 Å². The number of anilines is 1. The molecule has 0 saturated carbocycles. The largest absolute Gasteiger partial charge is 0.449 e. The highest BCUT2D eigenvalue weighted by atomic mass is 35.5. The molecule has 194 valence electrons. The van der Waals surface area contributed by atoms with Crippen LogP contribution in [0.5, 0.6) is 0 Å². The lowest BCUT2D eigenvalue weighted by molar-refractivity contribution is -0.124. The second-order valence-corrected chi connectivity index (χ2v) is 9.59. The molecule has 0 aliphatic carbocycles. The van der Waals surface area contributed by atoms with Crippen LogP contribution in [-0.2, 0) is 9.53 Å². The fourth-order valence-corrected chi connectivity index (χ4v) is 4.39. The molecular formula is C31H23Cl2N3O3. The average Bonchev–Trinajstić information content (AvgIpc) is 2.97. The molecule has 0 spiro atoms. The Labute approximate surface area is 235 Å². The number of nitrogens with zero attached hydrogens (tertiary/aromatic N) is 2. The summed E-state index contributed by atoms with van der Waals surface area (Å²) in [6.45, 7) is 1.76. The number of hydrogen-bond donors (Lipinski definition) is 1. The van der Waals surface area contributed by atoms with Crippen molar-refractivity contribution >= 4 is 51.8 Å². The van der Waals surface area contributed by atoms with E-state index in [2.05, 4.69) is 5.32 Å². The number of esters is 1. The SMILES string of the molecule is CCC(OC(=O)c1ccc2nc(-c3ccccc3)c(-c3ccccc3)nc2c1)C(=O)Nc1ccc(Cl)c(Cl)c1. The zero-order chi connectivity index (χ0) is 27.4. The Morgan fingerprint density at radius 2 is 1.38 bits per heavy atom. The summed E-state index contributed by atoms with van der Waals surface area (Å²) in [5, 5.41) is 3.39. The van der Waals surface area contributed by atoms with Crippen molar-refractivity contribution in [1.82, 2.24) is 9.97 Å². The molecule has 0 fully saturated rings. The van der Waals surface area contributed by atoms with Crippen LogP contribution in [0.25, 0.3) is 33.5 Å². The predicted molar refractivity (Wildman–Crippen MR) is 155 cm³/mol. The third kappa shape index (κ3) is 5.93. The molecule has 0 bridgehead atoms. The number of nitrogens with one attached hydrogen (secondary N) is 1. The summed E-state index contributed by atoms with van der Waals surface area (Å²) in [5.74, 6) is -1.10. The van der Waals surface area contributed by atoms with Gasteiger partial charge < -0.3 is 10.1 Å². The molecule has 0 aliphatic heterocycles. The molecule has 0 saturated heterocycles. The van der Waals surface area contributed by atoms with E-state index in [9.17, 15) is 9.59 Å². The molecule has 1 atom stereocenters. The van der Waals surface area contributed by atoms with Gasteiger partial charge in [-0.05, 0) is 42.8 Å². The number of amides is 1. The summed E-state index contributed by atoms with van der Waals surface area (Å²) < 4.78 is 5.57. The number of benzene rings is 4. The van der Waals surface area contributed by atoms with E-state index in [0.717, 1.165) is 16.8 Å². The van der Waals surface area contributed by atoms with Crippen molar-refractivity contribution in [1.29, 1.82) is 0 Å². The lowest BCUT2D eigenvalue weighted by atomic mass is 10.0. The van der Waals surface area contributed by atoms with Gasteiger partial charge in [-0.25, -0.2) is 14.8 Å². The highest BCUT2D eigenvalue weighted by Gasteiger charge is 2.23. The van der Waals surface area contributed by atoms with Gasteiger partial charge >= 0.3 is 5.97 Å². The van der Waals surface area contributed by atoms with E-state index in [1.807, 2.05) is 60.7 Å². The van der Waals surface area contributed by atoms with Crippen LogP contribution in [0.2, 0.25) is 10.0 Å². The van der Waals surface area contributed by atoms with E-state index in [0.29, 0.717) is 32.5 Å². The molecule has 39 heavy (non-hydrogen) atoms. The van der Waals surface area contributed by atoms with Crippen LogP contribution in [-0.4, -0.2) is 27.9 Å². The summed E-state index contributed by atoms with van der Waals surface area (Å²) in [7, 11) is 0. The van der Waals surface area contributed by atoms with Crippen molar-refractivity contribution in [2.45, 2.75) is 19.4 Å². The summed E-state index contributed by atoms with van der Waals surface area (Å²) in [4.78, 5) is 35.7. The Balaban J connectivity index is 1.43. The summed E-state index contributed by atoms with van der Waals surface area (Å²) in [6.07, 6.45) is -0.723. The van der Waals surface area contributed by atoms with Gasteiger partial charge in [-0.15, -0.1) is 0 Å². The van der Waals surface area contributed by atoms with E-state index in [1.54, 1.807) is 37.3 Å². The van der Waals surface area contributed by atoms with E-state index in [-0.39, 0.29) is 12.0 Å². The third-order valence-corrected chi connectivity index (χ3v) is 6.83. The standard InChI is InChI=1S/C31H23Cl2N3O3/c1-2-27(30(37)34-22-14-15-23(32)24(33)18-22)39-31(38)21-13-16-25-26(17-21)36-29(20-11-7-4-8-12-20)28(35-25)19-9-5-3-6-10-19/h3-18,27H,2H2,1H3,(H,34,37). The van der Waals surface area contributed by atoms with Gasteiger partial charge in [-0.3, -0.25) is 4.79 Å². The Morgan fingerprint density at radius 1 is 0.769 bits per heavy atom. The number of halogens is 2. The van der Waals surface area contributed by atoms with E-state index in [1.165, 1.54) is 6.07 Å². The first kappa shape index (κ1) is 26.4. The van der Waals surface area contributed by atoms with E-state index in [4.69, 9.17) is 37.9 Å². The quantitative estimate of drug-likeness (QED) is 0.207. The molecule has 1 amide bonds. The average molecular weight is 556 g/mol. The van der Waals surface area contributed by atoms with Crippen molar-refractivity contribution in [2.75, 3.05) is 5.32 Å². The van der Waals surface area contributed by atoms with Crippen molar-refractivity contribution in [3.63, 3.8) is 0 Å². The maximum Gasteiger partial charge on any atom is 0.338 e. The van der Waals surface area contributed by atoms with Crippen LogP contribution >= 0.6 is 23.2 Å². The Morgan fingerprint density at radius 3 is 1.97 bits per heavy atom. The predicted octanol–water partition coefficient (Wildman–Crippen LogP) is 7.84. The number of fused-ring (bicyclic) bond motifs is 1. The molecular weight excluding hydrogens is 533 g/mol. The van der Waals surface area contributed by atoms with Gasteiger partial charge in [0.05, 0.1) is 38.0 Å². The lowest BCUT2D eigenvalue weighted by Crippen LogP contribution is -2.32. The molecule has 1 N–H and O–H groups in total. The van der Waals surface area contributed by atoms with Crippen LogP contribution in [0.3, 0.4) is 0 Å². The third-order valence-electron chi connectivity index (χ3n) is 6.09. The highest BCUT2D eigenvalue weighted by Crippen LogP contribution is 2.31. The van der Waals surface area contributed by atoms with Gasteiger partial charge in [-0.1, -0.05) is 90.8 Å². The molecule has 5 aromatic rings. The van der Waals surface area contributed by atoms with Crippen LogP contribution < -0.4 is 5.32 Å². The molecule has 4 aromatic carbocycles. The Bertz CT molecular complexity index is 1660. The van der Waals surface area contributed by atoms with Gasteiger partial charge in [0.15, 0.2) is 6.10 Å². The monoisotopic (exact) mass is 555 g/mol. The first-order valence-electron chi connectivity index (χ1n) is 12.3.